The summed E-state index contributed by atoms with van der Waals surface area (Å²) >= 11 is 0. The van der Waals surface area contributed by atoms with E-state index in [1.807, 2.05) is 92.7 Å². The van der Waals surface area contributed by atoms with Gasteiger partial charge < -0.3 is 14.4 Å². The number of hydrogen-bond acceptors (Lipinski definition) is 4. The number of aryl methyl sites for hydroxylation is 1. The molecular formula is C29H29NO4. The highest BCUT2D eigenvalue weighted by atomic mass is 16.5. The van der Waals surface area contributed by atoms with Crippen LogP contribution in [-0.4, -0.2) is 23.9 Å². The fourth-order valence-electron chi connectivity index (χ4n) is 4.27. The third kappa shape index (κ3) is 5.20. The molecule has 1 aliphatic rings. The van der Waals surface area contributed by atoms with Crippen LogP contribution in [-0.2, 0) is 27.5 Å². The molecule has 0 radical (unpaired) electrons. The van der Waals surface area contributed by atoms with Gasteiger partial charge in [0.05, 0.1) is 19.2 Å². The Hall–Kier alpha value is -3.86. The van der Waals surface area contributed by atoms with Crippen molar-refractivity contribution in [2.75, 3.05) is 7.11 Å². The Balaban J connectivity index is 1.66. The average Bonchev–Trinajstić information content (AvgIpc) is 2.86. The predicted molar refractivity (Wildman–Crippen MR) is 131 cm³/mol. The van der Waals surface area contributed by atoms with Crippen LogP contribution in [0.3, 0.4) is 0 Å². The van der Waals surface area contributed by atoms with Crippen LogP contribution in [0.5, 0.6) is 5.75 Å². The van der Waals surface area contributed by atoms with Gasteiger partial charge in [-0.15, -0.1) is 0 Å². The van der Waals surface area contributed by atoms with E-state index in [1.165, 1.54) is 0 Å². The van der Waals surface area contributed by atoms with Gasteiger partial charge in [0.25, 0.3) is 0 Å². The molecule has 1 atom stereocenters. The Morgan fingerprint density at radius 2 is 1.59 bits per heavy atom. The van der Waals surface area contributed by atoms with E-state index >= 15 is 0 Å². The van der Waals surface area contributed by atoms with Crippen LogP contribution in [0.15, 0.2) is 90.1 Å². The molecule has 0 spiro atoms. The lowest BCUT2D eigenvalue weighted by atomic mass is 9.83. The molecule has 0 unspecified atom stereocenters. The van der Waals surface area contributed by atoms with Crippen molar-refractivity contribution in [3.63, 3.8) is 0 Å². The number of amides is 1. The van der Waals surface area contributed by atoms with Crippen LogP contribution in [0, 0.1) is 6.92 Å². The van der Waals surface area contributed by atoms with Crippen molar-refractivity contribution in [1.82, 2.24) is 4.90 Å². The lowest BCUT2D eigenvalue weighted by Gasteiger charge is -2.34. The summed E-state index contributed by atoms with van der Waals surface area (Å²) in [6.45, 7) is 4.41. The monoisotopic (exact) mass is 455 g/mol. The summed E-state index contributed by atoms with van der Waals surface area (Å²) in [6, 6.07) is 25.2. The molecular weight excluding hydrogens is 426 g/mol. The largest absolute Gasteiger partial charge is 0.497 e. The van der Waals surface area contributed by atoms with Gasteiger partial charge >= 0.3 is 5.97 Å². The zero-order chi connectivity index (χ0) is 24.1. The highest BCUT2D eigenvalue weighted by Gasteiger charge is 2.37. The van der Waals surface area contributed by atoms with Crippen molar-refractivity contribution in [3.05, 3.63) is 112 Å². The number of methoxy groups -OCH3 is 1. The topological polar surface area (TPSA) is 55.8 Å². The zero-order valence-electron chi connectivity index (χ0n) is 19.8. The Labute approximate surface area is 200 Å². The summed E-state index contributed by atoms with van der Waals surface area (Å²) in [7, 11) is 1.62. The zero-order valence-corrected chi connectivity index (χ0v) is 19.8. The number of hydrogen-bond donors (Lipinski definition) is 0. The second-order valence-electron chi connectivity index (χ2n) is 8.56. The van der Waals surface area contributed by atoms with Crippen molar-refractivity contribution in [2.24, 2.45) is 0 Å². The molecule has 0 aliphatic carbocycles. The smallest absolute Gasteiger partial charge is 0.336 e. The predicted octanol–water partition coefficient (Wildman–Crippen LogP) is 5.54. The molecule has 0 N–H and O–H groups in total. The highest BCUT2D eigenvalue weighted by Crippen LogP contribution is 2.38. The number of esters is 1. The number of carbonyl (C=O) groups excluding carboxylic acids is 2. The summed E-state index contributed by atoms with van der Waals surface area (Å²) in [4.78, 5) is 28.3. The van der Waals surface area contributed by atoms with Gasteiger partial charge in [-0.2, -0.15) is 0 Å². The van der Waals surface area contributed by atoms with Gasteiger partial charge in [-0.05, 0) is 42.7 Å². The molecule has 5 nitrogen and oxygen atoms in total. The first-order valence-electron chi connectivity index (χ1n) is 11.4. The Morgan fingerprint density at radius 1 is 0.912 bits per heavy atom. The molecule has 1 aliphatic heterocycles. The first-order valence-corrected chi connectivity index (χ1v) is 11.4. The summed E-state index contributed by atoms with van der Waals surface area (Å²) < 4.78 is 11.0. The van der Waals surface area contributed by atoms with Crippen molar-refractivity contribution < 1.29 is 19.1 Å². The Bertz CT molecular complexity index is 1180. The normalized spacial score (nSPS) is 15.9. The van der Waals surface area contributed by atoms with Gasteiger partial charge in [0, 0.05) is 18.0 Å². The highest BCUT2D eigenvalue weighted by molar-refractivity contribution is 5.95. The van der Waals surface area contributed by atoms with Gasteiger partial charge in [-0.3, -0.25) is 4.79 Å². The van der Waals surface area contributed by atoms with E-state index in [1.54, 1.807) is 12.0 Å². The van der Waals surface area contributed by atoms with Crippen molar-refractivity contribution >= 4 is 11.9 Å². The standard InChI is InChI=1S/C29H29NO4/c1-20-9-13-24(14-10-20)26-17-27(31)30(18-22-11-15-25(33-3)16-12-22)21(2)28(26)29(32)34-19-23-7-5-4-6-8-23/h4-16,26H,17-19H2,1-3H3/t26-/m1/s1. The fourth-order valence-corrected chi connectivity index (χ4v) is 4.27. The molecule has 1 heterocycles. The number of benzene rings is 3. The summed E-state index contributed by atoms with van der Waals surface area (Å²) in [5.74, 6) is 0.00625. The molecule has 0 fully saturated rings. The van der Waals surface area contributed by atoms with E-state index in [4.69, 9.17) is 9.47 Å². The maximum Gasteiger partial charge on any atom is 0.336 e. The van der Waals surface area contributed by atoms with Gasteiger partial charge in [0.1, 0.15) is 12.4 Å². The first-order chi connectivity index (χ1) is 16.5. The minimum atomic E-state index is -0.390. The second-order valence-corrected chi connectivity index (χ2v) is 8.56. The van der Waals surface area contributed by atoms with Crippen molar-refractivity contribution in [2.45, 2.75) is 39.3 Å². The van der Waals surface area contributed by atoms with E-state index in [-0.39, 0.29) is 30.8 Å². The Morgan fingerprint density at radius 3 is 2.24 bits per heavy atom. The van der Waals surface area contributed by atoms with E-state index < -0.39 is 0 Å². The third-order valence-corrected chi connectivity index (χ3v) is 6.24. The van der Waals surface area contributed by atoms with Crippen molar-refractivity contribution in [1.29, 1.82) is 0 Å². The molecule has 174 valence electrons. The lowest BCUT2D eigenvalue weighted by Crippen LogP contribution is -2.38. The van der Waals surface area contributed by atoms with Gasteiger partial charge in [0.2, 0.25) is 5.91 Å². The van der Waals surface area contributed by atoms with E-state index in [9.17, 15) is 9.59 Å². The Kier molecular flexibility index (Phi) is 7.12. The minimum absolute atomic E-state index is 0.0153. The number of allylic oxidation sites excluding steroid dienone is 1. The van der Waals surface area contributed by atoms with Gasteiger partial charge in [-0.1, -0.05) is 72.3 Å². The second kappa shape index (κ2) is 10.4. The van der Waals surface area contributed by atoms with Crippen LogP contribution in [0.4, 0.5) is 0 Å². The summed E-state index contributed by atoms with van der Waals surface area (Å²) in [5.41, 5.74) is 5.11. The summed E-state index contributed by atoms with van der Waals surface area (Å²) in [6.07, 6.45) is 0.215. The van der Waals surface area contributed by atoms with Gasteiger partial charge in [-0.25, -0.2) is 4.79 Å². The van der Waals surface area contributed by atoms with Crippen molar-refractivity contribution in [3.8, 4) is 5.75 Å². The molecule has 0 aromatic heterocycles. The molecule has 4 rings (SSSR count). The first kappa shape index (κ1) is 23.3. The van der Waals surface area contributed by atoms with Crippen LogP contribution in [0.25, 0.3) is 0 Å². The fraction of sp³-hybridized carbons (Fsp3) is 0.241. The maximum absolute atomic E-state index is 13.4. The minimum Gasteiger partial charge on any atom is -0.497 e. The van der Waals surface area contributed by atoms with Gasteiger partial charge in [0.15, 0.2) is 0 Å². The number of rotatable bonds is 7. The number of ether oxygens (including phenoxy) is 2. The van der Waals surface area contributed by atoms with E-state index in [0.29, 0.717) is 17.8 Å². The summed E-state index contributed by atoms with van der Waals surface area (Å²) in [5, 5.41) is 0. The molecule has 3 aromatic rings. The maximum atomic E-state index is 13.4. The lowest BCUT2D eigenvalue weighted by molar-refractivity contribution is -0.141. The molecule has 5 heteroatoms. The van der Waals surface area contributed by atoms with Crippen LogP contribution in [0.2, 0.25) is 0 Å². The molecule has 0 bridgehead atoms. The molecule has 0 saturated carbocycles. The van der Waals surface area contributed by atoms with Crippen LogP contribution < -0.4 is 4.74 Å². The quantitative estimate of drug-likeness (QED) is 0.439. The number of nitrogens with zero attached hydrogens (tertiary/aromatic N) is 1. The van der Waals surface area contributed by atoms with E-state index in [0.717, 1.165) is 28.0 Å². The molecule has 0 saturated heterocycles. The third-order valence-electron chi connectivity index (χ3n) is 6.24. The van der Waals surface area contributed by atoms with E-state index in [2.05, 4.69) is 0 Å². The average molecular weight is 456 g/mol. The SMILES string of the molecule is COc1ccc(CN2C(=O)C[C@H](c3ccc(C)cc3)C(C(=O)OCc3ccccc3)=C2C)cc1. The van der Waals surface area contributed by atoms with Crippen LogP contribution >= 0.6 is 0 Å². The molecule has 34 heavy (non-hydrogen) atoms. The molecule has 1 amide bonds. The molecule has 3 aromatic carbocycles. The number of carbonyl (C=O) groups is 2. The van der Waals surface area contributed by atoms with Crippen LogP contribution in [0.1, 0.15) is 41.5 Å².